The van der Waals surface area contributed by atoms with Crippen molar-refractivity contribution >= 4 is 44.7 Å². The first-order valence-corrected chi connectivity index (χ1v) is 8.83. The second kappa shape index (κ2) is 7.31. The van der Waals surface area contributed by atoms with Crippen LogP contribution in [0.15, 0.2) is 27.8 Å². The van der Waals surface area contributed by atoms with E-state index in [1.54, 1.807) is 0 Å². The zero-order valence-electron chi connectivity index (χ0n) is 12.2. The Morgan fingerprint density at radius 2 is 2.14 bits per heavy atom. The highest BCUT2D eigenvalue weighted by atomic mass is 79.9. The number of aromatic nitrogens is 2. The molecular formula is C15H19BrN2O2S. The lowest BCUT2D eigenvalue weighted by atomic mass is 10.0. The zero-order chi connectivity index (χ0) is 15.4. The minimum Gasteiger partial charge on any atom is -0.481 e. The summed E-state index contributed by atoms with van der Waals surface area (Å²) < 4.78 is 3.14. The zero-order valence-corrected chi connectivity index (χ0v) is 14.6. The molecule has 1 aromatic heterocycles. The van der Waals surface area contributed by atoms with Gasteiger partial charge in [-0.05, 0) is 24.1 Å². The third-order valence-corrected chi connectivity index (χ3v) is 5.05. The van der Waals surface area contributed by atoms with Gasteiger partial charge < -0.3 is 9.67 Å². The molecule has 0 unspecified atom stereocenters. The maximum Gasteiger partial charge on any atom is 0.313 e. The summed E-state index contributed by atoms with van der Waals surface area (Å²) >= 11 is 4.74. The van der Waals surface area contributed by atoms with Gasteiger partial charge in [0.1, 0.15) is 0 Å². The van der Waals surface area contributed by atoms with Crippen molar-refractivity contribution in [2.24, 2.45) is 5.92 Å². The number of benzene rings is 1. The SMILES string of the molecule is CCC(CC)Cn1c(SCC(=O)O)nc2cc(Br)ccc21. The maximum absolute atomic E-state index is 10.8. The molecule has 2 aromatic rings. The maximum atomic E-state index is 10.8. The highest BCUT2D eigenvalue weighted by Crippen LogP contribution is 2.28. The molecule has 114 valence electrons. The predicted molar refractivity (Wildman–Crippen MR) is 89.9 cm³/mol. The van der Waals surface area contributed by atoms with E-state index < -0.39 is 5.97 Å². The lowest BCUT2D eigenvalue weighted by molar-refractivity contribution is -0.133. The number of fused-ring (bicyclic) bond motifs is 1. The number of hydrogen-bond acceptors (Lipinski definition) is 3. The van der Waals surface area contributed by atoms with Crippen LogP contribution in [0.3, 0.4) is 0 Å². The fraction of sp³-hybridized carbons (Fsp3) is 0.467. The molecule has 0 fully saturated rings. The average molecular weight is 371 g/mol. The van der Waals surface area contributed by atoms with Crippen LogP contribution in [0.25, 0.3) is 11.0 Å². The Hall–Kier alpha value is -1.01. The van der Waals surface area contributed by atoms with Crippen LogP contribution in [0, 0.1) is 5.92 Å². The fourth-order valence-corrected chi connectivity index (χ4v) is 3.39. The number of rotatable bonds is 7. The molecule has 0 aliphatic heterocycles. The van der Waals surface area contributed by atoms with Crippen molar-refractivity contribution in [1.29, 1.82) is 0 Å². The van der Waals surface area contributed by atoms with Crippen molar-refractivity contribution in [3.63, 3.8) is 0 Å². The third-order valence-electron chi connectivity index (χ3n) is 3.60. The Balaban J connectivity index is 2.41. The predicted octanol–water partition coefficient (Wildman–Crippen LogP) is 4.41. The molecule has 2 rings (SSSR count). The Bertz CT molecular complexity index is 638. The Kier molecular flexibility index (Phi) is 5.70. The monoisotopic (exact) mass is 370 g/mol. The van der Waals surface area contributed by atoms with Gasteiger partial charge in [0.2, 0.25) is 0 Å². The largest absolute Gasteiger partial charge is 0.481 e. The smallest absolute Gasteiger partial charge is 0.313 e. The van der Waals surface area contributed by atoms with Gasteiger partial charge in [0, 0.05) is 11.0 Å². The van der Waals surface area contributed by atoms with E-state index in [4.69, 9.17) is 5.11 Å². The Morgan fingerprint density at radius 3 is 2.76 bits per heavy atom. The molecule has 0 atom stereocenters. The van der Waals surface area contributed by atoms with Crippen LogP contribution < -0.4 is 0 Å². The Morgan fingerprint density at radius 1 is 1.43 bits per heavy atom. The molecule has 21 heavy (non-hydrogen) atoms. The van der Waals surface area contributed by atoms with E-state index >= 15 is 0 Å². The number of hydrogen-bond donors (Lipinski definition) is 1. The van der Waals surface area contributed by atoms with Crippen LogP contribution in [0.2, 0.25) is 0 Å². The summed E-state index contributed by atoms with van der Waals surface area (Å²) in [6.07, 6.45) is 2.21. The summed E-state index contributed by atoms with van der Waals surface area (Å²) in [4.78, 5) is 15.4. The van der Waals surface area contributed by atoms with Crippen molar-refractivity contribution in [3.05, 3.63) is 22.7 Å². The topological polar surface area (TPSA) is 55.1 Å². The normalized spacial score (nSPS) is 11.4. The van der Waals surface area contributed by atoms with E-state index in [0.29, 0.717) is 5.92 Å². The van der Waals surface area contributed by atoms with Crippen LogP contribution >= 0.6 is 27.7 Å². The number of thioether (sulfide) groups is 1. The molecule has 0 radical (unpaired) electrons. The molecule has 6 heteroatoms. The molecule has 0 saturated carbocycles. The van der Waals surface area contributed by atoms with Crippen LogP contribution in [0.5, 0.6) is 0 Å². The lowest BCUT2D eigenvalue weighted by Crippen LogP contribution is -2.11. The van der Waals surface area contributed by atoms with E-state index in [1.165, 1.54) is 11.8 Å². The minimum atomic E-state index is -0.817. The summed E-state index contributed by atoms with van der Waals surface area (Å²) in [7, 11) is 0. The molecule has 0 saturated heterocycles. The Labute approximate surface area is 137 Å². The molecule has 0 bridgehead atoms. The van der Waals surface area contributed by atoms with Crippen molar-refractivity contribution in [3.8, 4) is 0 Å². The van der Waals surface area contributed by atoms with E-state index in [2.05, 4.69) is 39.3 Å². The van der Waals surface area contributed by atoms with Crippen molar-refractivity contribution in [1.82, 2.24) is 9.55 Å². The van der Waals surface area contributed by atoms with E-state index in [9.17, 15) is 4.79 Å². The molecule has 1 N–H and O–H groups in total. The summed E-state index contributed by atoms with van der Waals surface area (Å²) in [5, 5.41) is 9.68. The standard InChI is InChI=1S/C15H19BrN2O2S/c1-3-10(4-2)8-18-13-6-5-11(16)7-12(13)17-15(18)21-9-14(19)20/h5-7,10H,3-4,8-9H2,1-2H3,(H,19,20). The number of imidazole rings is 1. The summed E-state index contributed by atoms with van der Waals surface area (Å²) in [6, 6.07) is 6.02. The summed E-state index contributed by atoms with van der Waals surface area (Å²) in [5.74, 6) is -0.203. The van der Waals surface area contributed by atoms with Gasteiger partial charge in [0.15, 0.2) is 5.16 Å². The molecular weight excluding hydrogens is 352 g/mol. The molecule has 4 nitrogen and oxygen atoms in total. The summed E-state index contributed by atoms with van der Waals surface area (Å²) in [6.45, 7) is 5.26. The number of carbonyl (C=O) groups is 1. The van der Waals surface area contributed by atoms with E-state index in [-0.39, 0.29) is 5.75 Å². The van der Waals surface area contributed by atoms with Gasteiger partial charge in [-0.3, -0.25) is 4.79 Å². The van der Waals surface area contributed by atoms with E-state index in [0.717, 1.165) is 40.0 Å². The number of carboxylic acids is 1. The number of halogens is 1. The summed E-state index contributed by atoms with van der Waals surface area (Å²) in [5.41, 5.74) is 1.97. The second-order valence-corrected chi connectivity index (χ2v) is 6.86. The van der Waals surface area contributed by atoms with Crippen molar-refractivity contribution in [2.45, 2.75) is 38.4 Å². The fourth-order valence-electron chi connectivity index (χ4n) is 2.30. The average Bonchev–Trinajstić information content (AvgIpc) is 2.79. The van der Waals surface area contributed by atoms with Gasteiger partial charge in [-0.25, -0.2) is 4.98 Å². The van der Waals surface area contributed by atoms with Gasteiger partial charge in [0.05, 0.1) is 16.8 Å². The van der Waals surface area contributed by atoms with Gasteiger partial charge in [-0.2, -0.15) is 0 Å². The van der Waals surface area contributed by atoms with Gasteiger partial charge >= 0.3 is 5.97 Å². The van der Waals surface area contributed by atoms with Crippen molar-refractivity contribution in [2.75, 3.05) is 5.75 Å². The first-order valence-electron chi connectivity index (χ1n) is 7.05. The minimum absolute atomic E-state index is 0.0351. The molecule has 0 aliphatic carbocycles. The van der Waals surface area contributed by atoms with Gasteiger partial charge in [0.25, 0.3) is 0 Å². The molecule has 0 amide bonds. The number of carboxylic acid groups (broad SMARTS) is 1. The number of nitrogens with zero attached hydrogens (tertiary/aromatic N) is 2. The lowest BCUT2D eigenvalue weighted by Gasteiger charge is -2.15. The molecule has 0 spiro atoms. The molecule has 1 heterocycles. The first kappa shape index (κ1) is 16.4. The van der Waals surface area contributed by atoms with Crippen LogP contribution in [-0.4, -0.2) is 26.4 Å². The van der Waals surface area contributed by atoms with Crippen LogP contribution in [-0.2, 0) is 11.3 Å². The quantitative estimate of drug-likeness (QED) is 0.733. The number of aliphatic carboxylic acids is 1. The molecule has 0 aliphatic rings. The van der Waals surface area contributed by atoms with Gasteiger partial charge in [-0.15, -0.1) is 0 Å². The van der Waals surface area contributed by atoms with Crippen LogP contribution in [0.1, 0.15) is 26.7 Å². The highest BCUT2D eigenvalue weighted by Gasteiger charge is 2.15. The first-order chi connectivity index (χ1) is 10.0. The van der Waals surface area contributed by atoms with E-state index in [1.807, 2.05) is 18.2 Å². The van der Waals surface area contributed by atoms with Gasteiger partial charge in [-0.1, -0.05) is 54.4 Å². The molecule has 1 aromatic carbocycles. The van der Waals surface area contributed by atoms with Crippen LogP contribution in [0.4, 0.5) is 0 Å². The highest BCUT2D eigenvalue weighted by molar-refractivity contribution is 9.10. The second-order valence-electron chi connectivity index (χ2n) is 5.00. The van der Waals surface area contributed by atoms with Crippen molar-refractivity contribution < 1.29 is 9.90 Å². The third kappa shape index (κ3) is 4.01.